The Morgan fingerprint density at radius 2 is 1.65 bits per heavy atom. The van der Waals surface area contributed by atoms with Gasteiger partial charge in [0, 0.05) is 25.3 Å². The van der Waals surface area contributed by atoms with Gasteiger partial charge in [-0.2, -0.15) is 13.2 Å². The number of amides is 2. The first-order valence-electron chi connectivity index (χ1n) is 7.57. The standard InChI is InChI=1S/C18H16ClF3N2O2/c1-12(25)24(11-17(26)23(2)13-6-4-3-5-7-13)14-8-9-16(19)15(10-14)18(20,21)22/h3-10H,11H2,1-2H3. The van der Waals surface area contributed by atoms with Crippen LogP contribution in [0.2, 0.25) is 5.02 Å². The van der Waals surface area contributed by atoms with Crippen molar-refractivity contribution in [2.75, 3.05) is 23.4 Å². The quantitative estimate of drug-likeness (QED) is 0.785. The number of anilines is 2. The predicted molar refractivity (Wildman–Crippen MR) is 94.3 cm³/mol. The Morgan fingerprint density at radius 3 is 2.19 bits per heavy atom. The molecule has 8 heteroatoms. The van der Waals surface area contributed by atoms with Crippen molar-refractivity contribution in [1.82, 2.24) is 0 Å². The maximum atomic E-state index is 13.0. The van der Waals surface area contributed by atoms with Gasteiger partial charge >= 0.3 is 6.18 Å². The average molecular weight is 385 g/mol. The molecule has 0 saturated heterocycles. The number of hydrogen-bond donors (Lipinski definition) is 0. The number of halogens is 4. The molecule has 0 atom stereocenters. The van der Waals surface area contributed by atoms with E-state index in [-0.39, 0.29) is 5.69 Å². The lowest BCUT2D eigenvalue weighted by Gasteiger charge is -2.25. The molecule has 0 saturated carbocycles. The van der Waals surface area contributed by atoms with Gasteiger partial charge in [0.1, 0.15) is 6.54 Å². The molecule has 0 N–H and O–H groups in total. The molecule has 0 heterocycles. The minimum atomic E-state index is -4.67. The predicted octanol–water partition coefficient (Wildman–Crippen LogP) is 4.37. The first-order valence-corrected chi connectivity index (χ1v) is 7.95. The zero-order valence-electron chi connectivity index (χ0n) is 14.0. The largest absolute Gasteiger partial charge is 0.417 e. The minimum absolute atomic E-state index is 0.0518. The minimum Gasteiger partial charge on any atom is -0.314 e. The second kappa shape index (κ2) is 7.78. The Bertz CT molecular complexity index is 810. The zero-order chi connectivity index (χ0) is 19.5. The Balaban J connectivity index is 2.30. The van der Waals surface area contributed by atoms with Crippen molar-refractivity contribution in [3.8, 4) is 0 Å². The van der Waals surface area contributed by atoms with Gasteiger partial charge in [0.25, 0.3) is 0 Å². The molecule has 0 aliphatic heterocycles. The number of hydrogen-bond acceptors (Lipinski definition) is 2. The maximum absolute atomic E-state index is 13.0. The summed E-state index contributed by atoms with van der Waals surface area (Å²) in [6, 6.07) is 11.8. The molecule has 2 rings (SSSR count). The van der Waals surface area contributed by atoms with E-state index in [0.29, 0.717) is 5.69 Å². The van der Waals surface area contributed by atoms with Gasteiger partial charge in [-0.25, -0.2) is 0 Å². The number of alkyl halides is 3. The van der Waals surface area contributed by atoms with E-state index in [1.807, 2.05) is 0 Å². The fourth-order valence-electron chi connectivity index (χ4n) is 2.32. The third-order valence-corrected chi connectivity index (χ3v) is 4.09. The van der Waals surface area contributed by atoms with Crippen LogP contribution in [0.3, 0.4) is 0 Å². The van der Waals surface area contributed by atoms with Crippen LogP contribution in [0.15, 0.2) is 48.5 Å². The van der Waals surface area contributed by atoms with Crippen LogP contribution in [0.25, 0.3) is 0 Å². The second-order valence-electron chi connectivity index (χ2n) is 5.56. The van der Waals surface area contributed by atoms with Crippen LogP contribution in [0.4, 0.5) is 24.5 Å². The van der Waals surface area contributed by atoms with Crippen LogP contribution < -0.4 is 9.80 Å². The van der Waals surface area contributed by atoms with Crippen molar-refractivity contribution in [3.63, 3.8) is 0 Å². The number of carbonyl (C=O) groups excluding carboxylic acids is 2. The molecule has 2 amide bonds. The van der Waals surface area contributed by atoms with Crippen LogP contribution in [-0.2, 0) is 15.8 Å². The van der Waals surface area contributed by atoms with Crippen LogP contribution in [0, 0.1) is 0 Å². The van der Waals surface area contributed by atoms with Crippen LogP contribution in [0.1, 0.15) is 12.5 Å². The SMILES string of the molecule is CC(=O)N(CC(=O)N(C)c1ccccc1)c1ccc(Cl)c(C(F)(F)F)c1. The van der Waals surface area contributed by atoms with E-state index < -0.39 is 35.1 Å². The molecule has 138 valence electrons. The van der Waals surface area contributed by atoms with Crippen molar-refractivity contribution < 1.29 is 22.8 Å². The van der Waals surface area contributed by atoms with E-state index in [2.05, 4.69) is 0 Å². The number of rotatable bonds is 4. The number of carbonyl (C=O) groups is 2. The lowest BCUT2D eigenvalue weighted by Crippen LogP contribution is -2.41. The summed E-state index contributed by atoms with van der Waals surface area (Å²) < 4.78 is 39.1. The summed E-state index contributed by atoms with van der Waals surface area (Å²) in [6.45, 7) is 0.775. The summed E-state index contributed by atoms with van der Waals surface area (Å²) in [5, 5.41) is -0.475. The number of nitrogens with zero attached hydrogens (tertiary/aromatic N) is 2. The van der Waals surface area contributed by atoms with Crippen molar-refractivity contribution in [3.05, 3.63) is 59.1 Å². The van der Waals surface area contributed by atoms with Crippen molar-refractivity contribution in [2.24, 2.45) is 0 Å². The van der Waals surface area contributed by atoms with E-state index in [1.54, 1.807) is 30.3 Å². The number of likely N-dealkylation sites (N-methyl/N-ethyl adjacent to an activating group) is 1. The van der Waals surface area contributed by atoms with Crippen LogP contribution >= 0.6 is 11.6 Å². The monoisotopic (exact) mass is 384 g/mol. The molecule has 0 spiro atoms. The lowest BCUT2D eigenvalue weighted by molar-refractivity contribution is -0.137. The molecule has 0 fully saturated rings. The van der Waals surface area contributed by atoms with Gasteiger partial charge in [0.2, 0.25) is 11.8 Å². The first-order chi connectivity index (χ1) is 12.1. The summed E-state index contributed by atoms with van der Waals surface area (Å²) in [5.41, 5.74) is -0.510. The fraction of sp³-hybridized carbons (Fsp3) is 0.222. The van der Waals surface area contributed by atoms with Gasteiger partial charge in [-0.1, -0.05) is 29.8 Å². The third kappa shape index (κ3) is 4.54. The Morgan fingerprint density at radius 1 is 1.04 bits per heavy atom. The van der Waals surface area contributed by atoms with Gasteiger partial charge < -0.3 is 9.80 Å². The molecule has 26 heavy (non-hydrogen) atoms. The van der Waals surface area contributed by atoms with Gasteiger partial charge in [0.15, 0.2) is 0 Å². The average Bonchev–Trinajstić information content (AvgIpc) is 2.59. The summed E-state index contributed by atoms with van der Waals surface area (Å²) in [7, 11) is 1.53. The molecule has 4 nitrogen and oxygen atoms in total. The van der Waals surface area contributed by atoms with Gasteiger partial charge in [-0.05, 0) is 30.3 Å². The molecule has 0 radical (unpaired) electrons. The smallest absolute Gasteiger partial charge is 0.314 e. The molecule has 0 unspecified atom stereocenters. The highest BCUT2D eigenvalue weighted by molar-refractivity contribution is 6.31. The molecular weight excluding hydrogens is 369 g/mol. The van der Waals surface area contributed by atoms with E-state index in [9.17, 15) is 22.8 Å². The van der Waals surface area contributed by atoms with Crippen molar-refractivity contribution >= 4 is 34.8 Å². The lowest BCUT2D eigenvalue weighted by atomic mass is 10.1. The number of benzene rings is 2. The molecule has 0 aliphatic carbocycles. The summed E-state index contributed by atoms with van der Waals surface area (Å²) in [5.74, 6) is -1.01. The molecular formula is C18H16ClF3N2O2. The highest BCUT2D eigenvalue weighted by Gasteiger charge is 2.34. The van der Waals surface area contributed by atoms with Crippen LogP contribution in [0.5, 0.6) is 0 Å². The van der Waals surface area contributed by atoms with Crippen molar-refractivity contribution in [1.29, 1.82) is 0 Å². The fourth-order valence-corrected chi connectivity index (χ4v) is 2.54. The van der Waals surface area contributed by atoms with Gasteiger partial charge in [-0.3, -0.25) is 9.59 Å². The van der Waals surface area contributed by atoms with E-state index in [0.717, 1.165) is 17.0 Å². The van der Waals surface area contributed by atoms with Crippen molar-refractivity contribution in [2.45, 2.75) is 13.1 Å². The van der Waals surface area contributed by atoms with Crippen LogP contribution in [-0.4, -0.2) is 25.4 Å². The normalized spacial score (nSPS) is 11.2. The summed E-state index contributed by atoms with van der Waals surface area (Å²) in [4.78, 5) is 26.7. The molecule has 0 bridgehead atoms. The molecule has 0 aliphatic rings. The molecule has 0 aromatic heterocycles. The Kier molecular flexibility index (Phi) is 5.92. The van der Waals surface area contributed by atoms with E-state index in [4.69, 9.17) is 11.6 Å². The second-order valence-corrected chi connectivity index (χ2v) is 5.96. The number of para-hydroxylation sites is 1. The van der Waals surface area contributed by atoms with E-state index in [1.165, 1.54) is 24.9 Å². The van der Waals surface area contributed by atoms with Gasteiger partial charge in [-0.15, -0.1) is 0 Å². The first kappa shape index (κ1) is 19.8. The topological polar surface area (TPSA) is 40.6 Å². The summed E-state index contributed by atoms with van der Waals surface area (Å²) in [6.07, 6.45) is -4.67. The Labute approximate surface area is 153 Å². The zero-order valence-corrected chi connectivity index (χ0v) is 14.8. The Hall–Kier alpha value is -2.54. The third-order valence-electron chi connectivity index (χ3n) is 3.76. The molecule has 2 aromatic carbocycles. The van der Waals surface area contributed by atoms with E-state index >= 15 is 0 Å². The summed E-state index contributed by atoms with van der Waals surface area (Å²) >= 11 is 5.60. The highest BCUT2D eigenvalue weighted by atomic mass is 35.5. The maximum Gasteiger partial charge on any atom is 0.417 e. The highest BCUT2D eigenvalue weighted by Crippen LogP contribution is 2.37. The molecule has 2 aromatic rings. The van der Waals surface area contributed by atoms with Gasteiger partial charge in [0.05, 0.1) is 10.6 Å².